The van der Waals surface area contributed by atoms with Crippen molar-refractivity contribution in [3.8, 4) is 11.4 Å². The van der Waals surface area contributed by atoms with Crippen LogP contribution in [-0.4, -0.2) is 9.55 Å². The Hall–Kier alpha value is -1.61. The van der Waals surface area contributed by atoms with Crippen LogP contribution in [0, 0.1) is 13.8 Å². The maximum Gasteiger partial charge on any atom is 0.140 e. The van der Waals surface area contributed by atoms with Crippen molar-refractivity contribution in [3.05, 3.63) is 41.2 Å². The first-order chi connectivity index (χ1) is 8.17. The number of aryl methyl sites for hydroxylation is 2. The van der Waals surface area contributed by atoms with E-state index in [0.29, 0.717) is 6.54 Å². The van der Waals surface area contributed by atoms with Gasteiger partial charge >= 0.3 is 0 Å². The normalized spacial score (nSPS) is 10.8. The summed E-state index contributed by atoms with van der Waals surface area (Å²) < 4.78 is 2.17. The lowest BCUT2D eigenvalue weighted by Crippen LogP contribution is -2.07. The second-order valence-electron chi connectivity index (χ2n) is 4.32. The molecule has 0 aliphatic heterocycles. The molecule has 2 rings (SSSR count). The monoisotopic (exact) mass is 229 g/mol. The van der Waals surface area contributed by atoms with Crippen LogP contribution >= 0.6 is 0 Å². The van der Waals surface area contributed by atoms with Gasteiger partial charge in [-0.25, -0.2) is 4.98 Å². The lowest BCUT2D eigenvalue weighted by atomic mass is 10.1. The van der Waals surface area contributed by atoms with E-state index < -0.39 is 0 Å². The van der Waals surface area contributed by atoms with Gasteiger partial charge in [-0.15, -0.1) is 0 Å². The Balaban J connectivity index is 2.52. The molecule has 90 valence electrons. The molecule has 0 unspecified atom stereocenters. The number of benzene rings is 1. The molecule has 0 spiro atoms. The summed E-state index contributed by atoms with van der Waals surface area (Å²) in [6.07, 6.45) is 1.87. The minimum atomic E-state index is 0.533. The zero-order valence-corrected chi connectivity index (χ0v) is 10.7. The average Bonchev–Trinajstić information content (AvgIpc) is 2.75. The van der Waals surface area contributed by atoms with Crippen molar-refractivity contribution in [1.29, 1.82) is 0 Å². The Morgan fingerprint density at radius 3 is 2.59 bits per heavy atom. The fourth-order valence-corrected chi connectivity index (χ4v) is 2.04. The molecule has 0 aliphatic rings. The van der Waals surface area contributed by atoms with Gasteiger partial charge in [-0.05, 0) is 38.0 Å². The third kappa shape index (κ3) is 2.11. The van der Waals surface area contributed by atoms with Crippen molar-refractivity contribution in [2.75, 3.05) is 0 Å². The average molecular weight is 229 g/mol. The molecule has 0 radical (unpaired) electrons. The molecule has 0 atom stereocenters. The van der Waals surface area contributed by atoms with E-state index in [4.69, 9.17) is 5.73 Å². The molecule has 1 aromatic carbocycles. The van der Waals surface area contributed by atoms with Crippen LogP contribution in [0.15, 0.2) is 24.4 Å². The number of nitrogens with two attached hydrogens (primary N) is 1. The number of hydrogen-bond donors (Lipinski definition) is 1. The number of imidazole rings is 1. The topological polar surface area (TPSA) is 43.8 Å². The Bertz CT molecular complexity index is 526. The van der Waals surface area contributed by atoms with Crippen molar-refractivity contribution in [2.45, 2.75) is 33.9 Å². The minimum absolute atomic E-state index is 0.533. The molecule has 0 saturated heterocycles. The van der Waals surface area contributed by atoms with E-state index in [2.05, 4.69) is 48.5 Å². The summed E-state index contributed by atoms with van der Waals surface area (Å²) in [6, 6.07) is 6.45. The van der Waals surface area contributed by atoms with Gasteiger partial charge in [0.05, 0.1) is 11.9 Å². The van der Waals surface area contributed by atoms with E-state index in [1.165, 1.54) is 11.1 Å². The second-order valence-corrected chi connectivity index (χ2v) is 4.32. The van der Waals surface area contributed by atoms with Crippen molar-refractivity contribution < 1.29 is 0 Å². The maximum absolute atomic E-state index is 5.71. The molecule has 3 nitrogen and oxygen atoms in total. The third-order valence-electron chi connectivity index (χ3n) is 3.23. The standard InChI is InChI=1S/C14H19N3/c1-4-17-13(8-15)9-16-14(17)12-6-5-10(2)11(3)7-12/h5-7,9H,4,8,15H2,1-3H3. The highest BCUT2D eigenvalue weighted by molar-refractivity contribution is 5.58. The highest BCUT2D eigenvalue weighted by Crippen LogP contribution is 2.22. The summed E-state index contributed by atoms with van der Waals surface area (Å²) in [4.78, 5) is 4.48. The van der Waals surface area contributed by atoms with Crippen molar-refractivity contribution in [2.24, 2.45) is 5.73 Å². The van der Waals surface area contributed by atoms with E-state index >= 15 is 0 Å². The summed E-state index contributed by atoms with van der Waals surface area (Å²) in [7, 11) is 0. The van der Waals surface area contributed by atoms with Gasteiger partial charge in [0.25, 0.3) is 0 Å². The molecule has 0 saturated carbocycles. The predicted octanol–water partition coefficient (Wildman–Crippen LogP) is 2.65. The molecule has 0 amide bonds. The lowest BCUT2D eigenvalue weighted by Gasteiger charge is -2.09. The number of aromatic nitrogens is 2. The van der Waals surface area contributed by atoms with Crippen LogP contribution in [0.2, 0.25) is 0 Å². The Morgan fingerprint density at radius 2 is 2.00 bits per heavy atom. The summed E-state index contributed by atoms with van der Waals surface area (Å²) in [5.41, 5.74) is 10.6. The molecule has 0 fully saturated rings. The third-order valence-corrected chi connectivity index (χ3v) is 3.23. The van der Waals surface area contributed by atoms with E-state index in [9.17, 15) is 0 Å². The van der Waals surface area contributed by atoms with Gasteiger partial charge in [-0.1, -0.05) is 12.1 Å². The first-order valence-electron chi connectivity index (χ1n) is 5.99. The van der Waals surface area contributed by atoms with E-state index in [1.807, 2.05) is 6.20 Å². The van der Waals surface area contributed by atoms with Gasteiger partial charge < -0.3 is 10.3 Å². The summed E-state index contributed by atoms with van der Waals surface area (Å²) in [5.74, 6) is 1.01. The number of nitrogens with zero attached hydrogens (tertiary/aromatic N) is 2. The second kappa shape index (κ2) is 4.72. The Kier molecular flexibility index (Phi) is 3.29. The van der Waals surface area contributed by atoms with Crippen molar-refractivity contribution in [3.63, 3.8) is 0 Å². The van der Waals surface area contributed by atoms with Crippen molar-refractivity contribution in [1.82, 2.24) is 9.55 Å². The minimum Gasteiger partial charge on any atom is -0.327 e. The van der Waals surface area contributed by atoms with Gasteiger partial charge in [-0.3, -0.25) is 0 Å². The molecule has 2 aromatic rings. The Morgan fingerprint density at radius 1 is 1.24 bits per heavy atom. The molecule has 17 heavy (non-hydrogen) atoms. The Labute approximate surface area is 102 Å². The molecule has 3 heteroatoms. The zero-order valence-electron chi connectivity index (χ0n) is 10.7. The molecule has 2 N–H and O–H groups in total. The molecular formula is C14H19N3. The van der Waals surface area contributed by atoms with Crippen LogP contribution < -0.4 is 5.73 Å². The van der Waals surface area contributed by atoms with Gasteiger partial charge in [-0.2, -0.15) is 0 Å². The van der Waals surface area contributed by atoms with Crippen LogP contribution in [0.1, 0.15) is 23.7 Å². The van der Waals surface area contributed by atoms with E-state index in [-0.39, 0.29) is 0 Å². The molecular weight excluding hydrogens is 210 g/mol. The first-order valence-corrected chi connectivity index (χ1v) is 5.99. The smallest absolute Gasteiger partial charge is 0.140 e. The number of rotatable bonds is 3. The largest absolute Gasteiger partial charge is 0.327 e. The molecule has 0 bridgehead atoms. The van der Waals surface area contributed by atoms with Crippen LogP contribution in [0.4, 0.5) is 0 Å². The maximum atomic E-state index is 5.71. The lowest BCUT2D eigenvalue weighted by molar-refractivity contribution is 0.719. The highest BCUT2D eigenvalue weighted by atomic mass is 15.1. The highest BCUT2D eigenvalue weighted by Gasteiger charge is 2.09. The van der Waals surface area contributed by atoms with Crippen LogP contribution in [-0.2, 0) is 13.1 Å². The SMILES string of the molecule is CCn1c(CN)cnc1-c1ccc(C)c(C)c1. The fourth-order valence-electron chi connectivity index (χ4n) is 2.04. The van der Waals surface area contributed by atoms with Gasteiger partial charge in [0.1, 0.15) is 5.82 Å². The first kappa shape index (κ1) is 11.9. The van der Waals surface area contributed by atoms with Crippen LogP contribution in [0.5, 0.6) is 0 Å². The number of hydrogen-bond acceptors (Lipinski definition) is 2. The van der Waals surface area contributed by atoms with E-state index in [1.54, 1.807) is 0 Å². The molecule has 1 aromatic heterocycles. The zero-order chi connectivity index (χ0) is 12.4. The molecule has 0 aliphatic carbocycles. The van der Waals surface area contributed by atoms with E-state index in [0.717, 1.165) is 23.6 Å². The van der Waals surface area contributed by atoms with Gasteiger partial charge in [0.2, 0.25) is 0 Å². The fraction of sp³-hybridized carbons (Fsp3) is 0.357. The predicted molar refractivity (Wildman–Crippen MR) is 70.7 cm³/mol. The summed E-state index contributed by atoms with van der Waals surface area (Å²) in [6.45, 7) is 7.80. The van der Waals surface area contributed by atoms with Crippen molar-refractivity contribution >= 4 is 0 Å². The van der Waals surface area contributed by atoms with Crippen LogP contribution in [0.25, 0.3) is 11.4 Å². The van der Waals surface area contributed by atoms with Gasteiger partial charge in [0.15, 0.2) is 0 Å². The van der Waals surface area contributed by atoms with Gasteiger partial charge in [0, 0.05) is 18.7 Å². The quantitative estimate of drug-likeness (QED) is 0.879. The summed E-state index contributed by atoms with van der Waals surface area (Å²) in [5, 5.41) is 0. The molecule has 1 heterocycles. The summed E-state index contributed by atoms with van der Waals surface area (Å²) >= 11 is 0. The van der Waals surface area contributed by atoms with Crippen LogP contribution in [0.3, 0.4) is 0 Å².